The van der Waals surface area contributed by atoms with Gasteiger partial charge in [-0.05, 0) is 26.0 Å². The Morgan fingerprint density at radius 2 is 2.11 bits per heavy atom. The Labute approximate surface area is 112 Å². The molecule has 2 aromatic rings. The minimum absolute atomic E-state index is 0.245. The van der Waals surface area contributed by atoms with E-state index >= 15 is 0 Å². The number of aromatic nitrogens is 3. The van der Waals surface area contributed by atoms with E-state index in [0.717, 1.165) is 5.82 Å². The molecule has 2 N–H and O–H groups in total. The summed E-state index contributed by atoms with van der Waals surface area (Å²) in [6, 6.07) is 5.52. The van der Waals surface area contributed by atoms with Crippen LogP contribution in [0.4, 0.5) is 5.69 Å². The molecule has 0 spiro atoms. The maximum Gasteiger partial charge on any atom is 0.165 e. The molecule has 0 saturated heterocycles. The molecule has 19 heavy (non-hydrogen) atoms. The summed E-state index contributed by atoms with van der Waals surface area (Å²) in [7, 11) is 1.58. The molecule has 0 saturated carbocycles. The standard InChI is InChI=1S/C13H18N4O2/c1-9(2)17-13(15-8-16-17)7-19-11-5-4-10(14)6-12(11)18-3/h4-6,8-9H,7,14H2,1-3H3. The molecular formula is C13H18N4O2. The van der Waals surface area contributed by atoms with Gasteiger partial charge in [0.2, 0.25) is 0 Å². The van der Waals surface area contributed by atoms with Gasteiger partial charge in [0.15, 0.2) is 17.3 Å². The molecule has 102 valence electrons. The van der Waals surface area contributed by atoms with Gasteiger partial charge in [0, 0.05) is 17.8 Å². The average molecular weight is 262 g/mol. The average Bonchev–Trinajstić information content (AvgIpc) is 2.85. The first-order valence-corrected chi connectivity index (χ1v) is 6.06. The second-order valence-corrected chi connectivity index (χ2v) is 4.41. The summed E-state index contributed by atoms with van der Waals surface area (Å²) >= 11 is 0. The van der Waals surface area contributed by atoms with E-state index in [1.165, 1.54) is 6.33 Å². The summed E-state index contributed by atoms with van der Waals surface area (Å²) in [5.74, 6) is 2.01. The monoisotopic (exact) mass is 262 g/mol. The van der Waals surface area contributed by atoms with Crippen molar-refractivity contribution >= 4 is 5.69 Å². The largest absolute Gasteiger partial charge is 0.493 e. The normalized spacial score (nSPS) is 10.7. The van der Waals surface area contributed by atoms with Gasteiger partial charge in [0.05, 0.1) is 7.11 Å². The third-order valence-corrected chi connectivity index (χ3v) is 2.68. The molecule has 0 fully saturated rings. The molecule has 6 nitrogen and oxygen atoms in total. The predicted octanol–water partition coefficient (Wildman–Crippen LogP) is 2.03. The Hall–Kier alpha value is -2.24. The fourth-order valence-corrected chi connectivity index (χ4v) is 1.75. The number of nitrogens with zero attached hydrogens (tertiary/aromatic N) is 3. The summed E-state index contributed by atoms with van der Waals surface area (Å²) in [5, 5.41) is 4.16. The lowest BCUT2D eigenvalue weighted by atomic mass is 10.3. The first-order valence-electron chi connectivity index (χ1n) is 6.06. The Bertz CT molecular complexity index is 551. The number of nitrogen functional groups attached to an aromatic ring is 1. The summed E-state index contributed by atoms with van der Waals surface area (Å²) in [6.45, 7) is 4.42. The number of rotatable bonds is 5. The van der Waals surface area contributed by atoms with Crippen molar-refractivity contribution in [3.8, 4) is 11.5 Å². The molecule has 0 atom stereocenters. The quantitative estimate of drug-likeness (QED) is 0.834. The SMILES string of the molecule is COc1cc(N)ccc1OCc1ncnn1C(C)C. The highest BCUT2D eigenvalue weighted by Crippen LogP contribution is 2.29. The minimum atomic E-state index is 0.245. The van der Waals surface area contributed by atoms with E-state index in [1.54, 1.807) is 25.3 Å². The number of methoxy groups -OCH3 is 1. The zero-order valence-corrected chi connectivity index (χ0v) is 11.3. The first kappa shape index (κ1) is 13.2. The van der Waals surface area contributed by atoms with Gasteiger partial charge in [-0.3, -0.25) is 0 Å². The zero-order chi connectivity index (χ0) is 13.8. The smallest absolute Gasteiger partial charge is 0.165 e. The van der Waals surface area contributed by atoms with E-state index in [9.17, 15) is 0 Å². The third kappa shape index (κ3) is 2.96. The van der Waals surface area contributed by atoms with Crippen molar-refractivity contribution in [3.05, 3.63) is 30.4 Å². The Morgan fingerprint density at radius 1 is 1.32 bits per heavy atom. The van der Waals surface area contributed by atoms with Gasteiger partial charge in [-0.1, -0.05) is 0 Å². The second kappa shape index (κ2) is 5.60. The Morgan fingerprint density at radius 3 is 2.79 bits per heavy atom. The summed E-state index contributed by atoms with van der Waals surface area (Å²) < 4.78 is 12.8. The molecular weight excluding hydrogens is 244 g/mol. The molecule has 1 aromatic carbocycles. The fourth-order valence-electron chi connectivity index (χ4n) is 1.75. The third-order valence-electron chi connectivity index (χ3n) is 2.68. The van der Waals surface area contributed by atoms with E-state index in [4.69, 9.17) is 15.2 Å². The summed E-state index contributed by atoms with van der Waals surface area (Å²) in [5.41, 5.74) is 6.33. The molecule has 6 heteroatoms. The number of anilines is 1. The Balaban J connectivity index is 2.12. The first-order chi connectivity index (χ1) is 9.11. The van der Waals surface area contributed by atoms with Crippen LogP contribution in [0.3, 0.4) is 0 Å². The van der Waals surface area contributed by atoms with Crippen molar-refractivity contribution in [2.75, 3.05) is 12.8 Å². The van der Waals surface area contributed by atoms with Crippen molar-refractivity contribution < 1.29 is 9.47 Å². The Kier molecular flexibility index (Phi) is 3.89. The van der Waals surface area contributed by atoms with E-state index in [0.29, 0.717) is 23.8 Å². The molecule has 0 aliphatic rings. The van der Waals surface area contributed by atoms with Gasteiger partial charge in [0.25, 0.3) is 0 Å². The minimum Gasteiger partial charge on any atom is -0.493 e. The number of hydrogen-bond donors (Lipinski definition) is 1. The molecule has 0 amide bonds. The zero-order valence-electron chi connectivity index (χ0n) is 11.3. The lowest BCUT2D eigenvalue weighted by Gasteiger charge is -2.12. The van der Waals surface area contributed by atoms with Crippen LogP contribution in [0.25, 0.3) is 0 Å². The van der Waals surface area contributed by atoms with Crippen LogP contribution >= 0.6 is 0 Å². The number of hydrogen-bond acceptors (Lipinski definition) is 5. The molecule has 1 aromatic heterocycles. The van der Waals surface area contributed by atoms with E-state index in [1.807, 2.05) is 18.5 Å². The maximum absolute atomic E-state index is 5.71. The lowest BCUT2D eigenvalue weighted by Crippen LogP contribution is -2.11. The fraction of sp³-hybridized carbons (Fsp3) is 0.385. The van der Waals surface area contributed by atoms with Gasteiger partial charge in [-0.2, -0.15) is 5.10 Å². The van der Waals surface area contributed by atoms with Crippen LogP contribution in [-0.2, 0) is 6.61 Å². The van der Waals surface area contributed by atoms with Crippen molar-refractivity contribution in [2.24, 2.45) is 0 Å². The van der Waals surface area contributed by atoms with Crippen LogP contribution in [-0.4, -0.2) is 21.9 Å². The van der Waals surface area contributed by atoms with E-state index in [2.05, 4.69) is 10.1 Å². The molecule has 0 aliphatic heterocycles. The van der Waals surface area contributed by atoms with Crippen LogP contribution in [0.5, 0.6) is 11.5 Å². The highest BCUT2D eigenvalue weighted by atomic mass is 16.5. The van der Waals surface area contributed by atoms with Gasteiger partial charge >= 0.3 is 0 Å². The molecule has 0 bridgehead atoms. The van der Waals surface area contributed by atoms with Crippen LogP contribution in [0, 0.1) is 0 Å². The van der Waals surface area contributed by atoms with E-state index in [-0.39, 0.29) is 6.04 Å². The van der Waals surface area contributed by atoms with Crippen LogP contribution < -0.4 is 15.2 Å². The van der Waals surface area contributed by atoms with Crippen molar-refractivity contribution in [1.82, 2.24) is 14.8 Å². The van der Waals surface area contributed by atoms with Gasteiger partial charge in [-0.25, -0.2) is 9.67 Å². The van der Waals surface area contributed by atoms with Gasteiger partial charge < -0.3 is 15.2 Å². The van der Waals surface area contributed by atoms with Crippen LogP contribution in [0.2, 0.25) is 0 Å². The lowest BCUT2D eigenvalue weighted by molar-refractivity contribution is 0.266. The number of nitrogens with two attached hydrogens (primary N) is 1. The van der Waals surface area contributed by atoms with Crippen LogP contribution in [0.15, 0.2) is 24.5 Å². The van der Waals surface area contributed by atoms with Crippen LogP contribution in [0.1, 0.15) is 25.7 Å². The van der Waals surface area contributed by atoms with E-state index < -0.39 is 0 Å². The molecule has 1 heterocycles. The predicted molar refractivity (Wildman–Crippen MR) is 72.1 cm³/mol. The van der Waals surface area contributed by atoms with Gasteiger partial charge in [-0.15, -0.1) is 0 Å². The summed E-state index contributed by atoms with van der Waals surface area (Å²) in [6.07, 6.45) is 1.53. The maximum atomic E-state index is 5.71. The highest BCUT2D eigenvalue weighted by Gasteiger charge is 2.10. The highest BCUT2D eigenvalue weighted by molar-refractivity contribution is 5.51. The number of benzene rings is 1. The topological polar surface area (TPSA) is 75.2 Å². The molecule has 0 unspecified atom stereocenters. The van der Waals surface area contributed by atoms with Crippen molar-refractivity contribution in [1.29, 1.82) is 0 Å². The molecule has 2 rings (SSSR count). The molecule has 0 aliphatic carbocycles. The van der Waals surface area contributed by atoms with Gasteiger partial charge in [0.1, 0.15) is 12.9 Å². The van der Waals surface area contributed by atoms with Crippen molar-refractivity contribution in [3.63, 3.8) is 0 Å². The summed E-state index contributed by atoms with van der Waals surface area (Å²) in [4.78, 5) is 4.19. The number of ether oxygens (including phenoxy) is 2. The second-order valence-electron chi connectivity index (χ2n) is 4.41. The molecule has 0 radical (unpaired) electrons. The van der Waals surface area contributed by atoms with Crippen molar-refractivity contribution in [2.45, 2.75) is 26.5 Å².